The summed E-state index contributed by atoms with van der Waals surface area (Å²) < 4.78 is 8.26. The van der Waals surface area contributed by atoms with E-state index in [0.29, 0.717) is 12.5 Å². The largest absolute Gasteiger partial charge is 0.393 e. The number of hydrogen-bond donors (Lipinski definition) is 2. The molecule has 5 rings (SSSR count). The Hall–Kier alpha value is -2.44. The topological polar surface area (TPSA) is 72.2 Å². The lowest BCUT2D eigenvalue weighted by molar-refractivity contribution is 0.0574. The summed E-state index contributed by atoms with van der Waals surface area (Å²) in [4.78, 5) is 9.14. The third-order valence-corrected chi connectivity index (χ3v) is 6.57. The molecule has 0 unspecified atom stereocenters. The molecular formula is C23H28N4O2. The number of aromatic nitrogens is 3. The minimum Gasteiger partial charge on any atom is -0.393 e. The van der Waals surface area contributed by atoms with E-state index in [1.165, 1.54) is 11.1 Å². The Balaban J connectivity index is 1.48. The molecular weight excluding hydrogens is 364 g/mol. The molecule has 6 nitrogen and oxygen atoms in total. The van der Waals surface area contributed by atoms with Gasteiger partial charge in [-0.05, 0) is 42.9 Å². The van der Waals surface area contributed by atoms with Crippen LogP contribution in [0, 0.1) is 5.92 Å². The van der Waals surface area contributed by atoms with Crippen LogP contribution < -0.4 is 5.32 Å². The summed E-state index contributed by atoms with van der Waals surface area (Å²) in [5.74, 6) is 1.16. The van der Waals surface area contributed by atoms with Crippen molar-refractivity contribution in [3.63, 3.8) is 0 Å². The van der Waals surface area contributed by atoms with Gasteiger partial charge in [0, 0.05) is 25.3 Å². The highest BCUT2D eigenvalue weighted by Gasteiger charge is 2.34. The second-order valence-electron chi connectivity index (χ2n) is 8.37. The van der Waals surface area contributed by atoms with E-state index in [-0.39, 0.29) is 24.3 Å². The van der Waals surface area contributed by atoms with E-state index in [1.54, 1.807) is 6.33 Å². The molecule has 0 bridgehead atoms. The van der Waals surface area contributed by atoms with Crippen molar-refractivity contribution in [1.29, 1.82) is 0 Å². The third kappa shape index (κ3) is 3.20. The quantitative estimate of drug-likeness (QED) is 0.689. The van der Waals surface area contributed by atoms with Gasteiger partial charge in [0.15, 0.2) is 0 Å². The normalized spacial score (nSPS) is 28.7. The molecule has 2 heterocycles. The molecule has 0 radical (unpaired) electrons. The lowest BCUT2D eigenvalue weighted by Crippen LogP contribution is -2.25. The lowest BCUT2D eigenvalue weighted by Gasteiger charge is -2.23. The van der Waals surface area contributed by atoms with Crippen molar-refractivity contribution in [3.05, 3.63) is 54.0 Å². The zero-order chi connectivity index (χ0) is 20.0. The van der Waals surface area contributed by atoms with Gasteiger partial charge in [-0.2, -0.15) is 0 Å². The Morgan fingerprint density at radius 1 is 1.21 bits per heavy atom. The molecule has 2 N–H and O–H groups in total. The molecule has 1 fully saturated rings. The molecule has 1 aromatic carbocycles. The predicted molar refractivity (Wildman–Crippen MR) is 113 cm³/mol. The number of anilines is 1. The van der Waals surface area contributed by atoms with Crippen molar-refractivity contribution in [2.45, 2.75) is 57.4 Å². The maximum Gasteiger partial charge on any atom is 0.145 e. The summed E-state index contributed by atoms with van der Waals surface area (Å²) in [5, 5.41) is 14.9. The second-order valence-corrected chi connectivity index (χ2v) is 8.37. The fraction of sp³-hybridized carbons (Fsp3) is 0.478. The van der Waals surface area contributed by atoms with Crippen LogP contribution in [0.2, 0.25) is 0 Å². The van der Waals surface area contributed by atoms with Crippen molar-refractivity contribution in [2.75, 3.05) is 11.9 Å². The molecule has 29 heavy (non-hydrogen) atoms. The number of nitrogens with zero attached hydrogens (tertiary/aromatic N) is 3. The molecule has 3 aromatic rings. The number of hydrogen-bond acceptors (Lipinski definition) is 5. The molecule has 6 heteroatoms. The van der Waals surface area contributed by atoms with Crippen molar-refractivity contribution in [2.24, 2.45) is 5.92 Å². The number of rotatable bonds is 5. The summed E-state index contributed by atoms with van der Waals surface area (Å²) in [6.07, 6.45) is 6.23. The number of fused-ring (bicyclic) bond motifs is 2. The Kier molecular flexibility index (Phi) is 4.76. The Bertz CT molecular complexity index is 1010. The van der Waals surface area contributed by atoms with Crippen LogP contribution in [0.4, 0.5) is 5.82 Å². The van der Waals surface area contributed by atoms with Crippen molar-refractivity contribution in [3.8, 4) is 0 Å². The Labute approximate surface area is 170 Å². The zero-order valence-electron chi connectivity index (χ0n) is 17.0. The summed E-state index contributed by atoms with van der Waals surface area (Å²) >= 11 is 0. The molecule has 5 atom stereocenters. The highest BCUT2D eigenvalue weighted by Crippen LogP contribution is 2.39. The van der Waals surface area contributed by atoms with Crippen LogP contribution >= 0.6 is 0 Å². The van der Waals surface area contributed by atoms with Gasteiger partial charge in [0.1, 0.15) is 17.8 Å². The van der Waals surface area contributed by atoms with E-state index in [2.05, 4.69) is 63.3 Å². The Morgan fingerprint density at radius 3 is 2.86 bits per heavy atom. The summed E-state index contributed by atoms with van der Waals surface area (Å²) in [6.45, 7) is 4.85. The average Bonchev–Trinajstić information content (AvgIpc) is 3.39. The SMILES string of the molecule is CCO[C@H]1Cc2ccccc2[C@H]1Nc1ncnc2c1ccn2[C@@H]1C[C@H](C)[C@@H](O)C1. The monoisotopic (exact) mass is 392 g/mol. The highest BCUT2D eigenvalue weighted by molar-refractivity contribution is 5.87. The van der Waals surface area contributed by atoms with Gasteiger partial charge in [0.2, 0.25) is 0 Å². The Morgan fingerprint density at radius 2 is 2.07 bits per heavy atom. The molecule has 0 spiro atoms. The van der Waals surface area contributed by atoms with Gasteiger partial charge in [-0.3, -0.25) is 0 Å². The second kappa shape index (κ2) is 7.43. The van der Waals surface area contributed by atoms with Gasteiger partial charge in [-0.25, -0.2) is 9.97 Å². The maximum atomic E-state index is 10.2. The van der Waals surface area contributed by atoms with Crippen molar-refractivity contribution in [1.82, 2.24) is 14.5 Å². The van der Waals surface area contributed by atoms with Crippen LogP contribution in [-0.4, -0.2) is 38.5 Å². The first-order valence-corrected chi connectivity index (χ1v) is 10.6. The standard InChI is InChI=1S/C23H28N4O2/c1-3-29-20-11-15-6-4-5-7-17(15)21(20)26-22-18-8-9-27(23(18)25-13-24-22)16-10-14(2)19(28)12-16/h4-9,13-14,16,19-21,28H,3,10-12H2,1-2H3,(H,24,25,26)/t14-,16+,19-,20-,21+/m0/s1. The number of nitrogens with one attached hydrogen (secondary N) is 1. The van der Waals surface area contributed by atoms with Crippen LogP contribution in [0.5, 0.6) is 0 Å². The van der Waals surface area contributed by atoms with Crippen LogP contribution in [0.25, 0.3) is 11.0 Å². The number of aliphatic hydroxyl groups excluding tert-OH is 1. The van der Waals surface area contributed by atoms with Crippen LogP contribution in [0.3, 0.4) is 0 Å². The van der Waals surface area contributed by atoms with Gasteiger partial charge in [0.25, 0.3) is 0 Å². The summed E-state index contributed by atoms with van der Waals surface area (Å²) in [6, 6.07) is 11.0. The van der Waals surface area contributed by atoms with E-state index in [9.17, 15) is 5.11 Å². The fourth-order valence-electron chi connectivity index (χ4n) is 5.05. The van der Waals surface area contributed by atoms with Gasteiger partial charge in [0.05, 0.1) is 23.6 Å². The smallest absolute Gasteiger partial charge is 0.145 e. The molecule has 2 aromatic heterocycles. The van der Waals surface area contributed by atoms with Crippen molar-refractivity contribution >= 4 is 16.9 Å². The van der Waals surface area contributed by atoms with Gasteiger partial charge >= 0.3 is 0 Å². The first kappa shape index (κ1) is 18.6. The van der Waals surface area contributed by atoms with Gasteiger partial charge in [-0.1, -0.05) is 31.2 Å². The van der Waals surface area contributed by atoms with Crippen LogP contribution in [-0.2, 0) is 11.2 Å². The van der Waals surface area contributed by atoms with Crippen LogP contribution in [0.15, 0.2) is 42.9 Å². The minimum atomic E-state index is -0.237. The first-order valence-electron chi connectivity index (χ1n) is 10.6. The number of ether oxygens (including phenoxy) is 1. The highest BCUT2D eigenvalue weighted by atomic mass is 16.5. The molecule has 0 amide bonds. The number of benzene rings is 1. The lowest BCUT2D eigenvalue weighted by atomic mass is 10.1. The molecule has 1 saturated carbocycles. The third-order valence-electron chi connectivity index (χ3n) is 6.57. The van der Waals surface area contributed by atoms with E-state index in [0.717, 1.165) is 36.1 Å². The van der Waals surface area contributed by atoms with Gasteiger partial charge in [-0.15, -0.1) is 0 Å². The average molecular weight is 393 g/mol. The number of aliphatic hydroxyl groups is 1. The summed E-state index contributed by atoms with van der Waals surface area (Å²) in [5.41, 5.74) is 3.54. The maximum absolute atomic E-state index is 10.2. The van der Waals surface area contributed by atoms with Crippen LogP contribution in [0.1, 0.15) is 49.9 Å². The molecule has 0 saturated heterocycles. The van der Waals surface area contributed by atoms with E-state index in [1.807, 2.05) is 6.92 Å². The molecule has 0 aliphatic heterocycles. The van der Waals surface area contributed by atoms with E-state index >= 15 is 0 Å². The molecule has 152 valence electrons. The van der Waals surface area contributed by atoms with E-state index in [4.69, 9.17) is 4.74 Å². The van der Waals surface area contributed by atoms with E-state index < -0.39 is 0 Å². The zero-order valence-corrected chi connectivity index (χ0v) is 17.0. The fourth-order valence-corrected chi connectivity index (χ4v) is 5.05. The molecule has 2 aliphatic carbocycles. The van der Waals surface area contributed by atoms with Gasteiger partial charge < -0.3 is 19.7 Å². The summed E-state index contributed by atoms with van der Waals surface area (Å²) in [7, 11) is 0. The predicted octanol–water partition coefficient (Wildman–Crippen LogP) is 3.88. The molecule has 2 aliphatic rings. The minimum absolute atomic E-state index is 0.0703. The van der Waals surface area contributed by atoms with Crippen molar-refractivity contribution < 1.29 is 9.84 Å². The first-order chi connectivity index (χ1) is 14.2.